The van der Waals surface area contributed by atoms with Gasteiger partial charge < -0.3 is 10.2 Å². The van der Waals surface area contributed by atoms with Crippen molar-refractivity contribution < 1.29 is 10.2 Å². The van der Waals surface area contributed by atoms with Gasteiger partial charge in [-0.2, -0.15) is 0 Å². The summed E-state index contributed by atoms with van der Waals surface area (Å²) in [5, 5.41) is 14.0. The zero-order valence-corrected chi connectivity index (χ0v) is 9.57. The van der Waals surface area contributed by atoms with Gasteiger partial charge in [-0.05, 0) is 17.9 Å². The molecule has 0 aliphatic rings. The van der Waals surface area contributed by atoms with Gasteiger partial charge >= 0.3 is 0 Å². The van der Waals surface area contributed by atoms with Crippen molar-refractivity contribution in [1.82, 2.24) is 0 Å². The summed E-state index contributed by atoms with van der Waals surface area (Å²) in [5.74, 6) is 0.709. The Morgan fingerprint density at radius 2 is 1.43 bits per heavy atom. The SMILES string of the molecule is CCC(C)c1ccccc1.CO.CO. The molecule has 0 radical (unpaired) electrons. The Kier molecular flexibility index (Phi) is 13.5. The van der Waals surface area contributed by atoms with Gasteiger partial charge in [-0.3, -0.25) is 0 Å². The third-order valence-corrected chi connectivity index (χ3v) is 1.98. The maximum absolute atomic E-state index is 7.00. The quantitative estimate of drug-likeness (QED) is 0.766. The number of hydrogen-bond acceptors (Lipinski definition) is 2. The van der Waals surface area contributed by atoms with Gasteiger partial charge in [-0.1, -0.05) is 44.2 Å². The molecule has 2 heteroatoms. The van der Waals surface area contributed by atoms with Crippen LogP contribution in [0.3, 0.4) is 0 Å². The lowest BCUT2D eigenvalue weighted by molar-refractivity contribution is 0.399. The molecule has 0 aliphatic heterocycles. The molecule has 0 fully saturated rings. The molecule has 0 heterocycles. The second kappa shape index (κ2) is 12.1. The van der Waals surface area contributed by atoms with Crippen LogP contribution in [0.5, 0.6) is 0 Å². The first-order valence-corrected chi connectivity index (χ1v) is 4.79. The molecule has 1 unspecified atom stereocenters. The van der Waals surface area contributed by atoms with Crippen molar-refractivity contribution in [2.45, 2.75) is 26.2 Å². The van der Waals surface area contributed by atoms with Gasteiger partial charge in [0.25, 0.3) is 0 Å². The molecule has 0 bridgehead atoms. The van der Waals surface area contributed by atoms with Crippen LogP contribution in [0.15, 0.2) is 30.3 Å². The van der Waals surface area contributed by atoms with Crippen molar-refractivity contribution in [3.05, 3.63) is 35.9 Å². The summed E-state index contributed by atoms with van der Waals surface area (Å²) in [6.07, 6.45) is 1.23. The molecule has 1 atom stereocenters. The molecule has 0 saturated heterocycles. The summed E-state index contributed by atoms with van der Waals surface area (Å²) in [6.45, 7) is 4.48. The highest BCUT2D eigenvalue weighted by Gasteiger charge is 1.98. The van der Waals surface area contributed by atoms with Crippen LogP contribution in [0.25, 0.3) is 0 Å². The average molecular weight is 198 g/mol. The molecule has 0 aromatic heterocycles. The number of benzene rings is 1. The van der Waals surface area contributed by atoms with Crippen LogP contribution >= 0.6 is 0 Å². The van der Waals surface area contributed by atoms with Crippen molar-refractivity contribution >= 4 is 0 Å². The van der Waals surface area contributed by atoms with Crippen molar-refractivity contribution in [2.24, 2.45) is 0 Å². The van der Waals surface area contributed by atoms with Crippen molar-refractivity contribution in [2.75, 3.05) is 14.2 Å². The van der Waals surface area contributed by atoms with Crippen LogP contribution in [0, 0.1) is 0 Å². The van der Waals surface area contributed by atoms with Crippen molar-refractivity contribution in [3.8, 4) is 0 Å². The highest BCUT2D eigenvalue weighted by Crippen LogP contribution is 2.16. The van der Waals surface area contributed by atoms with Gasteiger partial charge in [0.15, 0.2) is 0 Å². The normalized spacial score (nSPS) is 10.1. The largest absolute Gasteiger partial charge is 0.400 e. The molecule has 1 rings (SSSR count). The van der Waals surface area contributed by atoms with Crippen molar-refractivity contribution in [3.63, 3.8) is 0 Å². The predicted molar refractivity (Wildman–Crippen MR) is 61.4 cm³/mol. The Bertz CT molecular complexity index is 185. The summed E-state index contributed by atoms with van der Waals surface area (Å²) in [6, 6.07) is 10.6. The lowest BCUT2D eigenvalue weighted by Gasteiger charge is -2.06. The predicted octanol–water partition coefficient (Wildman–Crippen LogP) is 2.42. The van der Waals surface area contributed by atoms with Crippen molar-refractivity contribution in [1.29, 1.82) is 0 Å². The fraction of sp³-hybridized carbons (Fsp3) is 0.500. The minimum atomic E-state index is 0.709. The monoisotopic (exact) mass is 198 g/mol. The lowest BCUT2D eigenvalue weighted by atomic mass is 9.99. The first-order valence-electron chi connectivity index (χ1n) is 4.79. The molecule has 2 N–H and O–H groups in total. The Morgan fingerprint density at radius 3 is 1.79 bits per heavy atom. The fourth-order valence-corrected chi connectivity index (χ4v) is 1.02. The van der Waals surface area contributed by atoms with E-state index in [0.717, 1.165) is 14.2 Å². The van der Waals surface area contributed by atoms with Crippen LogP contribution in [0.1, 0.15) is 31.7 Å². The van der Waals surface area contributed by atoms with Gasteiger partial charge in [0.2, 0.25) is 0 Å². The Labute approximate surface area is 87.2 Å². The van der Waals surface area contributed by atoms with Crippen LogP contribution in [0.2, 0.25) is 0 Å². The minimum Gasteiger partial charge on any atom is -0.400 e. The minimum absolute atomic E-state index is 0.709. The number of rotatable bonds is 2. The first kappa shape index (κ1) is 15.6. The molecule has 0 saturated carbocycles. The van der Waals surface area contributed by atoms with Gasteiger partial charge in [0, 0.05) is 14.2 Å². The molecule has 1 aromatic rings. The summed E-state index contributed by atoms with van der Waals surface area (Å²) in [7, 11) is 2.00. The fourth-order valence-electron chi connectivity index (χ4n) is 1.02. The third kappa shape index (κ3) is 6.63. The topological polar surface area (TPSA) is 40.5 Å². The zero-order chi connectivity index (χ0) is 11.4. The smallest absolute Gasteiger partial charge is 0.0319 e. The first-order chi connectivity index (χ1) is 6.84. The van der Waals surface area contributed by atoms with Crippen LogP contribution in [-0.2, 0) is 0 Å². The molecule has 0 spiro atoms. The number of hydrogen-bond donors (Lipinski definition) is 2. The van der Waals surface area contributed by atoms with E-state index < -0.39 is 0 Å². The van der Waals surface area contributed by atoms with E-state index in [1.807, 2.05) is 0 Å². The Balaban J connectivity index is 0. The van der Waals surface area contributed by atoms with E-state index in [-0.39, 0.29) is 0 Å². The molecule has 2 nitrogen and oxygen atoms in total. The Morgan fingerprint density at radius 1 is 1.00 bits per heavy atom. The average Bonchev–Trinajstić information content (AvgIpc) is 2.34. The standard InChI is InChI=1S/C10H14.2CH4O/c1-3-9(2)10-7-5-4-6-8-10;2*1-2/h4-9H,3H2,1-2H3;2*2H,1H3. The second-order valence-corrected chi connectivity index (χ2v) is 2.72. The maximum atomic E-state index is 7.00. The van der Waals surface area contributed by atoms with E-state index in [2.05, 4.69) is 44.2 Å². The van der Waals surface area contributed by atoms with Crippen LogP contribution in [0.4, 0.5) is 0 Å². The summed E-state index contributed by atoms with van der Waals surface area (Å²) in [4.78, 5) is 0. The molecule has 0 aliphatic carbocycles. The third-order valence-electron chi connectivity index (χ3n) is 1.98. The molecule has 1 aromatic carbocycles. The van der Waals surface area contributed by atoms with Gasteiger partial charge in [-0.15, -0.1) is 0 Å². The van der Waals surface area contributed by atoms with E-state index >= 15 is 0 Å². The van der Waals surface area contributed by atoms with E-state index in [9.17, 15) is 0 Å². The summed E-state index contributed by atoms with van der Waals surface area (Å²) < 4.78 is 0. The maximum Gasteiger partial charge on any atom is 0.0319 e. The summed E-state index contributed by atoms with van der Waals surface area (Å²) in [5.41, 5.74) is 1.45. The molecule has 0 amide bonds. The van der Waals surface area contributed by atoms with Gasteiger partial charge in [0.1, 0.15) is 0 Å². The van der Waals surface area contributed by atoms with Crippen LogP contribution < -0.4 is 0 Å². The van der Waals surface area contributed by atoms with E-state index in [4.69, 9.17) is 10.2 Å². The van der Waals surface area contributed by atoms with Gasteiger partial charge in [-0.25, -0.2) is 0 Å². The molecule has 82 valence electrons. The lowest BCUT2D eigenvalue weighted by Crippen LogP contribution is -1.88. The van der Waals surface area contributed by atoms with E-state index in [1.54, 1.807) is 0 Å². The zero-order valence-electron chi connectivity index (χ0n) is 9.57. The summed E-state index contributed by atoms with van der Waals surface area (Å²) >= 11 is 0. The van der Waals surface area contributed by atoms with E-state index in [1.165, 1.54) is 12.0 Å². The van der Waals surface area contributed by atoms with Gasteiger partial charge in [0.05, 0.1) is 0 Å². The van der Waals surface area contributed by atoms with Crippen LogP contribution in [-0.4, -0.2) is 24.4 Å². The molecular weight excluding hydrogens is 176 g/mol. The van der Waals surface area contributed by atoms with E-state index in [0.29, 0.717) is 5.92 Å². The number of aliphatic hydroxyl groups is 2. The highest BCUT2D eigenvalue weighted by atomic mass is 16.2. The highest BCUT2D eigenvalue weighted by molar-refractivity contribution is 5.18. The second-order valence-electron chi connectivity index (χ2n) is 2.72. The number of aliphatic hydroxyl groups excluding tert-OH is 2. The Hall–Kier alpha value is -0.860. The molecular formula is C12H22O2. The molecule has 14 heavy (non-hydrogen) atoms.